The zero-order valence-corrected chi connectivity index (χ0v) is 18.7. The fourth-order valence-electron chi connectivity index (χ4n) is 3.07. The van der Waals surface area contributed by atoms with Gasteiger partial charge in [-0.25, -0.2) is 9.78 Å². The van der Waals surface area contributed by atoms with Crippen molar-refractivity contribution in [3.05, 3.63) is 96.0 Å². The summed E-state index contributed by atoms with van der Waals surface area (Å²) in [5, 5.41) is 7.17. The number of amides is 1. The van der Waals surface area contributed by atoms with Crippen molar-refractivity contribution in [2.75, 3.05) is 11.9 Å². The highest BCUT2D eigenvalue weighted by Crippen LogP contribution is 2.25. The van der Waals surface area contributed by atoms with Crippen LogP contribution in [0.1, 0.15) is 21.8 Å². The van der Waals surface area contributed by atoms with Crippen LogP contribution in [0.15, 0.2) is 88.5 Å². The molecule has 1 amide bonds. The molecule has 166 valence electrons. The Kier molecular flexibility index (Phi) is 7.16. The maximum absolute atomic E-state index is 12.5. The number of pyridine rings is 1. The van der Waals surface area contributed by atoms with Crippen molar-refractivity contribution in [2.24, 2.45) is 0 Å². The highest BCUT2D eigenvalue weighted by Gasteiger charge is 2.16. The Labute approximate surface area is 195 Å². The Balaban J connectivity index is 1.31. The number of nitrogens with one attached hydrogen (secondary N) is 1. The second kappa shape index (κ2) is 10.6. The first-order valence-corrected chi connectivity index (χ1v) is 11.2. The number of hydrogen-bond acceptors (Lipinski definition) is 7. The predicted octanol–water partition coefficient (Wildman–Crippen LogP) is 5.13. The van der Waals surface area contributed by atoms with Gasteiger partial charge in [-0.1, -0.05) is 59.4 Å². The van der Waals surface area contributed by atoms with Crippen LogP contribution in [0, 0.1) is 6.92 Å². The SMILES string of the molecule is Cc1cc(CSc2ncccc2C(=O)OCC(=O)Nc2ccc(-c3ccccc3)cc2)no1. The van der Waals surface area contributed by atoms with E-state index in [1.165, 1.54) is 11.8 Å². The molecule has 0 fully saturated rings. The number of benzene rings is 2. The fourth-order valence-corrected chi connectivity index (χ4v) is 3.93. The summed E-state index contributed by atoms with van der Waals surface area (Å²) in [6, 6.07) is 22.5. The summed E-state index contributed by atoms with van der Waals surface area (Å²) < 4.78 is 10.3. The largest absolute Gasteiger partial charge is 0.452 e. The molecule has 2 aromatic heterocycles. The van der Waals surface area contributed by atoms with Crippen molar-refractivity contribution >= 4 is 29.3 Å². The van der Waals surface area contributed by atoms with E-state index in [-0.39, 0.29) is 0 Å². The summed E-state index contributed by atoms with van der Waals surface area (Å²) in [4.78, 5) is 29.1. The molecule has 0 spiro atoms. The van der Waals surface area contributed by atoms with E-state index in [1.54, 1.807) is 18.3 Å². The van der Waals surface area contributed by atoms with Crippen molar-refractivity contribution < 1.29 is 18.8 Å². The highest BCUT2D eigenvalue weighted by molar-refractivity contribution is 7.98. The highest BCUT2D eigenvalue weighted by atomic mass is 32.2. The number of anilines is 1. The summed E-state index contributed by atoms with van der Waals surface area (Å²) in [6.45, 7) is 1.41. The van der Waals surface area contributed by atoms with Gasteiger partial charge in [-0.05, 0) is 42.3 Å². The Hall–Kier alpha value is -3.91. The third-order valence-electron chi connectivity index (χ3n) is 4.63. The lowest BCUT2D eigenvalue weighted by Crippen LogP contribution is -2.21. The third-order valence-corrected chi connectivity index (χ3v) is 5.67. The number of ether oxygens (including phenoxy) is 1. The molecule has 4 aromatic rings. The standard InChI is InChI=1S/C25H21N3O4S/c1-17-14-21(28-32-17)16-33-24-22(8-5-13-26-24)25(30)31-15-23(29)27-20-11-9-19(10-12-20)18-6-3-2-4-7-18/h2-14H,15-16H2,1H3,(H,27,29). The number of carbonyl (C=O) groups is 2. The minimum Gasteiger partial charge on any atom is -0.452 e. The minimum atomic E-state index is -0.614. The quantitative estimate of drug-likeness (QED) is 0.288. The third kappa shape index (κ3) is 6.08. The van der Waals surface area contributed by atoms with Gasteiger partial charge in [-0.3, -0.25) is 4.79 Å². The zero-order chi connectivity index (χ0) is 23.0. The van der Waals surface area contributed by atoms with Gasteiger partial charge in [0.05, 0.1) is 11.3 Å². The van der Waals surface area contributed by atoms with E-state index in [0.29, 0.717) is 27.8 Å². The number of thioether (sulfide) groups is 1. The molecule has 4 rings (SSSR count). The number of esters is 1. The van der Waals surface area contributed by atoms with E-state index >= 15 is 0 Å². The molecular formula is C25H21N3O4S. The van der Waals surface area contributed by atoms with Crippen molar-refractivity contribution in [3.63, 3.8) is 0 Å². The van der Waals surface area contributed by atoms with E-state index in [2.05, 4.69) is 15.5 Å². The number of carbonyl (C=O) groups excluding carboxylic acids is 2. The Morgan fingerprint density at radius 2 is 1.76 bits per heavy atom. The average molecular weight is 460 g/mol. The van der Waals surface area contributed by atoms with E-state index in [0.717, 1.165) is 16.8 Å². The Bertz CT molecular complexity index is 1240. The van der Waals surface area contributed by atoms with Crippen LogP contribution in [0.5, 0.6) is 0 Å². The topological polar surface area (TPSA) is 94.3 Å². The van der Waals surface area contributed by atoms with Crippen molar-refractivity contribution in [2.45, 2.75) is 17.7 Å². The van der Waals surface area contributed by atoms with Crippen LogP contribution in [0.2, 0.25) is 0 Å². The van der Waals surface area contributed by atoms with Crippen molar-refractivity contribution in [3.8, 4) is 11.1 Å². The van der Waals surface area contributed by atoms with Crippen LogP contribution >= 0.6 is 11.8 Å². The molecule has 0 atom stereocenters. The number of rotatable bonds is 8. The van der Waals surface area contributed by atoms with E-state index < -0.39 is 18.5 Å². The average Bonchev–Trinajstić information content (AvgIpc) is 3.27. The normalized spacial score (nSPS) is 10.6. The summed E-state index contributed by atoms with van der Waals surface area (Å²) in [5.41, 5.74) is 3.80. The maximum Gasteiger partial charge on any atom is 0.341 e. The smallest absolute Gasteiger partial charge is 0.341 e. The number of hydrogen-bond donors (Lipinski definition) is 1. The summed E-state index contributed by atoms with van der Waals surface area (Å²) in [5.74, 6) is 0.170. The Morgan fingerprint density at radius 1 is 1.00 bits per heavy atom. The molecule has 2 aromatic carbocycles. The molecule has 0 bridgehead atoms. The molecular weight excluding hydrogens is 438 g/mol. The first-order chi connectivity index (χ1) is 16.1. The minimum absolute atomic E-state index is 0.294. The molecule has 0 radical (unpaired) electrons. The van der Waals surface area contributed by atoms with E-state index in [4.69, 9.17) is 9.26 Å². The lowest BCUT2D eigenvalue weighted by molar-refractivity contribution is -0.119. The fraction of sp³-hybridized carbons (Fsp3) is 0.120. The van der Waals surface area contributed by atoms with Gasteiger partial charge in [0.25, 0.3) is 5.91 Å². The van der Waals surface area contributed by atoms with Crippen LogP contribution in [0.3, 0.4) is 0 Å². The van der Waals surface area contributed by atoms with Crippen LogP contribution in [-0.2, 0) is 15.3 Å². The molecule has 0 aliphatic rings. The second-order valence-corrected chi connectivity index (χ2v) is 8.11. The van der Waals surface area contributed by atoms with Gasteiger partial charge in [0.15, 0.2) is 6.61 Å². The number of aromatic nitrogens is 2. The first-order valence-electron chi connectivity index (χ1n) is 10.2. The lowest BCUT2D eigenvalue weighted by atomic mass is 10.1. The van der Waals surface area contributed by atoms with Crippen LogP contribution in [0.25, 0.3) is 11.1 Å². The molecule has 0 saturated carbocycles. The van der Waals surface area contributed by atoms with Crippen LogP contribution < -0.4 is 5.32 Å². The number of aryl methyl sites for hydroxylation is 1. The lowest BCUT2D eigenvalue weighted by Gasteiger charge is -2.09. The summed E-state index contributed by atoms with van der Waals surface area (Å²) in [7, 11) is 0. The van der Waals surface area contributed by atoms with Gasteiger partial charge in [-0.2, -0.15) is 0 Å². The van der Waals surface area contributed by atoms with Gasteiger partial charge in [0.2, 0.25) is 0 Å². The molecule has 1 N–H and O–H groups in total. The molecule has 8 heteroatoms. The molecule has 0 saturated heterocycles. The van der Waals surface area contributed by atoms with Crippen LogP contribution in [0.4, 0.5) is 5.69 Å². The monoisotopic (exact) mass is 459 g/mol. The second-order valence-electron chi connectivity index (χ2n) is 7.14. The molecule has 0 aliphatic carbocycles. The molecule has 2 heterocycles. The van der Waals surface area contributed by atoms with Crippen LogP contribution in [-0.4, -0.2) is 28.6 Å². The summed E-state index contributed by atoms with van der Waals surface area (Å²) >= 11 is 1.34. The van der Waals surface area contributed by atoms with Crippen molar-refractivity contribution in [1.29, 1.82) is 0 Å². The molecule has 0 unspecified atom stereocenters. The molecule has 7 nitrogen and oxygen atoms in total. The van der Waals surface area contributed by atoms with Gasteiger partial charge in [-0.15, -0.1) is 0 Å². The van der Waals surface area contributed by atoms with Gasteiger partial charge in [0, 0.05) is 23.7 Å². The number of nitrogens with zero attached hydrogens (tertiary/aromatic N) is 2. The predicted molar refractivity (Wildman–Crippen MR) is 126 cm³/mol. The zero-order valence-electron chi connectivity index (χ0n) is 17.9. The van der Waals surface area contributed by atoms with Gasteiger partial charge >= 0.3 is 5.97 Å². The van der Waals surface area contributed by atoms with Gasteiger partial charge < -0.3 is 14.6 Å². The van der Waals surface area contributed by atoms with Crippen molar-refractivity contribution in [1.82, 2.24) is 10.1 Å². The maximum atomic E-state index is 12.5. The first kappa shape index (κ1) is 22.3. The van der Waals surface area contributed by atoms with E-state index in [9.17, 15) is 9.59 Å². The summed E-state index contributed by atoms with van der Waals surface area (Å²) in [6.07, 6.45) is 1.60. The van der Waals surface area contributed by atoms with E-state index in [1.807, 2.05) is 67.6 Å². The molecule has 33 heavy (non-hydrogen) atoms. The van der Waals surface area contributed by atoms with Gasteiger partial charge in [0.1, 0.15) is 10.8 Å². The molecule has 0 aliphatic heterocycles. The Morgan fingerprint density at radius 3 is 2.48 bits per heavy atom.